The maximum atomic E-state index is 13.0. The molecule has 0 N–H and O–H groups in total. The number of carbonyl (C=O) groups is 1. The van der Waals surface area contributed by atoms with Crippen LogP contribution in [0.2, 0.25) is 0 Å². The Balaban J connectivity index is 2.07. The van der Waals surface area contributed by atoms with Crippen LogP contribution in [0.25, 0.3) is 0 Å². The Morgan fingerprint density at radius 3 is 2.35 bits per heavy atom. The molecule has 0 aliphatic heterocycles. The minimum atomic E-state index is -0.974. The monoisotopic (exact) mass is 342 g/mol. The highest BCUT2D eigenvalue weighted by molar-refractivity contribution is 9.10. The van der Waals surface area contributed by atoms with E-state index in [-0.39, 0.29) is 18.6 Å². The van der Waals surface area contributed by atoms with Gasteiger partial charge in [-0.05, 0) is 35.4 Å². The first-order chi connectivity index (χ1) is 9.45. The molecule has 2 aromatic carbocycles. The fourth-order valence-corrected chi connectivity index (χ4v) is 2.31. The van der Waals surface area contributed by atoms with Crippen LogP contribution >= 0.6 is 15.9 Å². The summed E-state index contributed by atoms with van der Waals surface area (Å²) in [6.45, 7) is 0. The Morgan fingerprint density at radius 1 is 0.950 bits per heavy atom. The lowest BCUT2D eigenvalue weighted by Crippen LogP contribution is -2.07. The molecule has 1 nitrogen and oxygen atoms in total. The Hall–Kier alpha value is -1.62. The first kappa shape index (κ1) is 14.8. The number of ketones is 1. The molecule has 0 bridgehead atoms. The Morgan fingerprint density at radius 2 is 1.70 bits per heavy atom. The summed E-state index contributed by atoms with van der Waals surface area (Å²) in [4.78, 5) is 11.9. The summed E-state index contributed by atoms with van der Waals surface area (Å²) in [7, 11) is 0. The zero-order valence-corrected chi connectivity index (χ0v) is 11.9. The van der Waals surface area contributed by atoms with E-state index in [9.17, 15) is 18.0 Å². The van der Waals surface area contributed by atoms with Gasteiger partial charge in [-0.25, -0.2) is 13.2 Å². The third kappa shape index (κ3) is 3.70. The topological polar surface area (TPSA) is 17.1 Å². The second-order valence-electron chi connectivity index (χ2n) is 4.38. The van der Waals surface area contributed by atoms with Crippen LogP contribution < -0.4 is 0 Å². The number of Topliss-reactive ketones (excluding diaryl/α,β-unsaturated/α-hetero) is 1. The van der Waals surface area contributed by atoms with E-state index >= 15 is 0 Å². The van der Waals surface area contributed by atoms with Gasteiger partial charge in [-0.1, -0.05) is 28.1 Å². The second kappa shape index (κ2) is 6.22. The average Bonchev–Trinajstić information content (AvgIpc) is 2.37. The van der Waals surface area contributed by atoms with Crippen LogP contribution in [0.15, 0.2) is 40.9 Å². The van der Waals surface area contributed by atoms with Crippen molar-refractivity contribution >= 4 is 21.7 Å². The number of rotatable bonds is 4. The number of halogens is 4. The van der Waals surface area contributed by atoms with Crippen molar-refractivity contribution in [3.63, 3.8) is 0 Å². The number of hydrogen-bond donors (Lipinski definition) is 0. The molecule has 0 aliphatic carbocycles. The van der Waals surface area contributed by atoms with Crippen LogP contribution in [0.4, 0.5) is 13.2 Å². The van der Waals surface area contributed by atoms with E-state index in [0.29, 0.717) is 15.6 Å². The van der Waals surface area contributed by atoms with Crippen molar-refractivity contribution in [3.8, 4) is 0 Å². The van der Waals surface area contributed by atoms with Gasteiger partial charge in [0.05, 0.1) is 0 Å². The van der Waals surface area contributed by atoms with E-state index in [2.05, 4.69) is 15.9 Å². The molecule has 20 heavy (non-hydrogen) atoms. The second-order valence-corrected chi connectivity index (χ2v) is 5.23. The molecule has 0 saturated carbocycles. The first-order valence-electron chi connectivity index (χ1n) is 5.85. The Bertz CT molecular complexity index is 656. The molecule has 0 aliphatic rings. The zero-order chi connectivity index (χ0) is 14.7. The van der Waals surface area contributed by atoms with Gasteiger partial charge in [-0.15, -0.1) is 0 Å². The average molecular weight is 343 g/mol. The number of carbonyl (C=O) groups excluding carboxylic acids is 1. The number of hydrogen-bond acceptors (Lipinski definition) is 1. The molecule has 0 saturated heterocycles. The van der Waals surface area contributed by atoms with Gasteiger partial charge in [0.15, 0.2) is 11.6 Å². The molecule has 0 spiro atoms. The normalized spacial score (nSPS) is 10.6. The van der Waals surface area contributed by atoms with E-state index in [1.807, 2.05) is 0 Å². The van der Waals surface area contributed by atoms with Crippen LogP contribution in [0, 0.1) is 17.5 Å². The van der Waals surface area contributed by atoms with Gasteiger partial charge in [0.25, 0.3) is 0 Å². The van der Waals surface area contributed by atoms with Crippen LogP contribution in [0.3, 0.4) is 0 Å². The third-order valence-corrected chi connectivity index (χ3v) is 3.53. The minimum Gasteiger partial charge on any atom is -0.299 e. The van der Waals surface area contributed by atoms with Crippen molar-refractivity contribution in [1.29, 1.82) is 0 Å². The maximum Gasteiger partial charge on any atom is 0.159 e. The molecular formula is C15H10BrF3O. The molecule has 2 rings (SSSR count). The van der Waals surface area contributed by atoms with Crippen molar-refractivity contribution in [2.45, 2.75) is 12.8 Å². The first-order valence-corrected chi connectivity index (χ1v) is 6.64. The lowest BCUT2D eigenvalue weighted by atomic mass is 10.0. The van der Waals surface area contributed by atoms with Crippen molar-refractivity contribution < 1.29 is 18.0 Å². The number of benzene rings is 2. The lowest BCUT2D eigenvalue weighted by Gasteiger charge is -2.05. The van der Waals surface area contributed by atoms with Gasteiger partial charge < -0.3 is 0 Å². The molecule has 0 atom stereocenters. The fourth-order valence-electron chi connectivity index (χ4n) is 1.82. The molecule has 0 radical (unpaired) electrons. The largest absolute Gasteiger partial charge is 0.299 e. The van der Waals surface area contributed by atoms with Gasteiger partial charge in [0.2, 0.25) is 0 Å². The molecule has 0 heterocycles. The van der Waals surface area contributed by atoms with Gasteiger partial charge in [0, 0.05) is 17.3 Å². The van der Waals surface area contributed by atoms with Gasteiger partial charge in [-0.3, -0.25) is 4.79 Å². The van der Waals surface area contributed by atoms with E-state index in [4.69, 9.17) is 0 Å². The van der Waals surface area contributed by atoms with E-state index in [1.165, 1.54) is 24.3 Å². The summed E-state index contributed by atoms with van der Waals surface area (Å²) in [6.07, 6.45) is 0.0981. The van der Waals surface area contributed by atoms with Gasteiger partial charge in [-0.2, -0.15) is 0 Å². The summed E-state index contributed by atoms with van der Waals surface area (Å²) in [5.41, 5.74) is 1.06. The summed E-state index contributed by atoms with van der Waals surface area (Å²) in [6, 6.07) is 7.43. The highest BCUT2D eigenvalue weighted by Crippen LogP contribution is 2.19. The van der Waals surface area contributed by atoms with Crippen LogP contribution in [0.1, 0.15) is 11.1 Å². The molecule has 2 aromatic rings. The predicted octanol–water partition coefficient (Wildman–Crippen LogP) is 4.22. The highest BCUT2D eigenvalue weighted by Gasteiger charge is 2.10. The van der Waals surface area contributed by atoms with E-state index < -0.39 is 17.5 Å². The quantitative estimate of drug-likeness (QED) is 0.812. The van der Waals surface area contributed by atoms with Gasteiger partial charge in [0.1, 0.15) is 11.6 Å². The smallest absolute Gasteiger partial charge is 0.159 e. The fraction of sp³-hybridized carbons (Fsp3) is 0.133. The van der Waals surface area contributed by atoms with Gasteiger partial charge >= 0.3 is 0 Å². The van der Waals surface area contributed by atoms with Crippen molar-refractivity contribution in [1.82, 2.24) is 0 Å². The van der Waals surface area contributed by atoms with E-state index in [1.54, 1.807) is 0 Å². The van der Waals surface area contributed by atoms with Crippen LogP contribution in [-0.4, -0.2) is 5.78 Å². The van der Waals surface area contributed by atoms with Crippen molar-refractivity contribution in [3.05, 3.63) is 69.4 Å². The molecule has 0 amide bonds. The summed E-state index contributed by atoms with van der Waals surface area (Å²) >= 11 is 3.18. The van der Waals surface area contributed by atoms with Crippen molar-refractivity contribution in [2.75, 3.05) is 0 Å². The summed E-state index contributed by atoms with van der Waals surface area (Å²) in [5.74, 6) is -2.47. The lowest BCUT2D eigenvalue weighted by molar-refractivity contribution is -0.117. The maximum absolute atomic E-state index is 13.0. The summed E-state index contributed by atoms with van der Waals surface area (Å²) < 4.78 is 39.2. The molecule has 0 fully saturated rings. The van der Waals surface area contributed by atoms with Crippen LogP contribution in [-0.2, 0) is 17.6 Å². The highest BCUT2D eigenvalue weighted by atomic mass is 79.9. The van der Waals surface area contributed by atoms with E-state index in [0.717, 1.165) is 12.1 Å². The molecule has 5 heteroatoms. The van der Waals surface area contributed by atoms with Crippen LogP contribution in [0.5, 0.6) is 0 Å². The molecule has 104 valence electrons. The van der Waals surface area contributed by atoms with Crippen molar-refractivity contribution in [2.24, 2.45) is 0 Å². The molecule has 0 unspecified atom stereocenters. The Labute approximate surface area is 122 Å². The standard InChI is InChI=1S/C15H10BrF3O/c16-13-8-11(17)3-2-10(13)7-12(20)5-9-1-4-14(18)15(19)6-9/h1-4,6,8H,5,7H2. The Kier molecular flexibility index (Phi) is 4.60. The minimum absolute atomic E-state index is 0.00101. The molecular weight excluding hydrogens is 333 g/mol. The summed E-state index contributed by atoms with van der Waals surface area (Å²) in [5, 5.41) is 0. The SMILES string of the molecule is O=C(Cc1ccc(F)c(F)c1)Cc1ccc(F)cc1Br. The molecule has 0 aromatic heterocycles. The third-order valence-electron chi connectivity index (χ3n) is 2.79. The predicted molar refractivity (Wildman–Crippen MR) is 72.9 cm³/mol. The zero-order valence-electron chi connectivity index (χ0n) is 10.3.